The third-order valence-electron chi connectivity index (χ3n) is 4.21. The van der Waals surface area contributed by atoms with Gasteiger partial charge < -0.3 is 19.6 Å². The number of fused-ring (bicyclic) bond motifs is 1. The molecule has 0 saturated heterocycles. The average molecular weight is 359 g/mol. The Morgan fingerprint density at radius 2 is 1.63 bits per heavy atom. The SMILES string of the molecule is Nc1ccc(-c2cn3cccc(OCCCOc4ccccc4)c3n2)cc1. The molecule has 2 aromatic carbocycles. The van der Waals surface area contributed by atoms with Crippen LogP contribution in [-0.4, -0.2) is 22.6 Å². The number of para-hydroxylation sites is 1. The van der Waals surface area contributed by atoms with Crippen LogP contribution >= 0.6 is 0 Å². The summed E-state index contributed by atoms with van der Waals surface area (Å²) in [4.78, 5) is 4.72. The monoisotopic (exact) mass is 359 g/mol. The minimum absolute atomic E-state index is 0.566. The minimum Gasteiger partial charge on any atom is -0.493 e. The van der Waals surface area contributed by atoms with Crippen LogP contribution in [0.5, 0.6) is 11.5 Å². The molecule has 0 amide bonds. The summed E-state index contributed by atoms with van der Waals surface area (Å²) in [5.41, 5.74) is 9.21. The number of nitrogens with two attached hydrogens (primary N) is 1. The largest absolute Gasteiger partial charge is 0.493 e. The normalized spacial score (nSPS) is 10.8. The first kappa shape index (κ1) is 17.0. The second-order valence-corrected chi connectivity index (χ2v) is 6.21. The van der Waals surface area contributed by atoms with E-state index in [0.29, 0.717) is 13.2 Å². The molecule has 0 bridgehead atoms. The Balaban J connectivity index is 1.40. The number of benzene rings is 2. The third-order valence-corrected chi connectivity index (χ3v) is 4.21. The smallest absolute Gasteiger partial charge is 0.180 e. The van der Waals surface area contributed by atoms with Gasteiger partial charge in [0.15, 0.2) is 11.4 Å². The molecule has 2 aromatic heterocycles. The van der Waals surface area contributed by atoms with Crippen LogP contribution in [0, 0.1) is 0 Å². The molecule has 0 fully saturated rings. The number of aromatic nitrogens is 2. The van der Waals surface area contributed by atoms with Crippen molar-refractivity contribution in [2.45, 2.75) is 6.42 Å². The Morgan fingerprint density at radius 1 is 0.852 bits per heavy atom. The van der Waals surface area contributed by atoms with Gasteiger partial charge in [-0.25, -0.2) is 4.98 Å². The third kappa shape index (κ3) is 4.03. The highest BCUT2D eigenvalue weighted by molar-refractivity contribution is 5.67. The Bertz CT molecular complexity index is 1010. The first-order valence-electron chi connectivity index (χ1n) is 8.94. The second kappa shape index (κ2) is 7.83. The number of nitrogens with zero attached hydrogens (tertiary/aromatic N) is 2. The lowest BCUT2D eigenvalue weighted by Gasteiger charge is -2.08. The zero-order valence-electron chi connectivity index (χ0n) is 14.9. The number of nitrogen functional groups attached to an aromatic ring is 1. The summed E-state index contributed by atoms with van der Waals surface area (Å²) in [6, 6.07) is 21.4. The predicted molar refractivity (Wildman–Crippen MR) is 107 cm³/mol. The molecule has 5 nitrogen and oxygen atoms in total. The fraction of sp³-hybridized carbons (Fsp3) is 0.136. The summed E-state index contributed by atoms with van der Waals surface area (Å²) >= 11 is 0. The number of rotatable bonds is 7. The van der Waals surface area contributed by atoms with Crippen LogP contribution in [0.4, 0.5) is 5.69 Å². The van der Waals surface area contributed by atoms with E-state index >= 15 is 0 Å². The van der Waals surface area contributed by atoms with Crippen molar-refractivity contribution in [3.05, 3.63) is 79.1 Å². The molecule has 0 aliphatic carbocycles. The highest BCUT2D eigenvalue weighted by atomic mass is 16.5. The topological polar surface area (TPSA) is 61.8 Å². The molecule has 0 spiro atoms. The van der Waals surface area contributed by atoms with E-state index in [-0.39, 0.29) is 0 Å². The zero-order chi connectivity index (χ0) is 18.5. The van der Waals surface area contributed by atoms with Crippen molar-refractivity contribution in [3.8, 4) is 22.8 Å². The molecule has 136 valence electrons. The van der Waals surface area contributed by atoms with Gasteiger partial charge in [0.25, 0.3) is 0 Å². The highest BCUT2D eigenvalue weighted by Crippen LogP contribution is 2.25. The Hall–Kier alpha value is -3.47. The minimum atomic E-state index is 0.566. The van der Waals surface area contributed by atoms with Crippen LogP contribution in [0.25, 0.3) is 16.9 Å². The lowest BCUT2D eigenvalue weighted by molar-refractivity contribution is 0.248. The number of ether oxygens (including phenoxy) is 2. The molecule has 2 heterocycles. The van der Waals surface area contributed by atoms with Crippen LogP contribution in [0.15, 0.2) is 79.1 Å². The van der Waals surface area contributed by atoms with Crippen molar-refractivity contribution < 1.29 is 9.47 Å². The lowest BCUT2D eigenvalue weighted by atomic mass is 10.1. The molecular formula is C22H21N3O2. The van der Waals surface area contributed by atoms with E-state index in [4.69, 9.17) is 20.2 Å². The van der Waals surface area contributed by atoms with Gasteiger partial charge in [-0.05, 0) is 36.4 Å². The standard InChI is InChI=1S/C22H21N3O2/c23-18-11-9-17(10-12-18)20-16-25-13-4-8-21(22(25)24-20)27-15-5-14-26-19-6-2-1-3-7-19/h1-4,6-13,16H,5,14-15,23H2. The molecule has 0 aliphatic heterocycles. The summed E-state index contributed by atoms with van der Waals surface area (Å²) in [7, 11) is 0. The molecule has 0 saturated carbocycles. The number of anilines is 1. The van der Waals surface area contributed by atoms with Crippen molar-refractivity contribution in [2.75, 3.05) is 18.9 Å². The summed E-state index contributed by atoms with van der Waals surface area (Å²) in [5.74, 6) is 1.64. The Labute approximate surface area is 158 Å². The van der Waals surface area contributed by atoms with E-state index in [1.54, 1.807) is 0 Å². The molecular weight excluding hydrogens is 338 g/mol. The van der Waals surface area contributed by atoms with Gasteiger partial charge in [0.05, 0.1) is 18.9 Å². The van der Waals surface area contributed by atoms with Crippen LogP contribution in [0.2, 0.25) is 0 Å². The van der Waals surface area contributed by atoms with Crippen LogP contribution in [-0.2, 0) is 0 Å². The Morgan fingerprint density at radius 3 is 2.44 bits per heavy atom. The molecule has 4 rings (SSSR count). The van der Waals surface area contributed by atoms with Gasteiger partial charge in [-0.2, -0.15) is 0 Å². The number of hydrogen-bond acceptors (Lipinski definition) is 4. The number of imidazole rings is 1. The van der Waals surface area contributed by atoms with Gasteiger partial charge in [-0.15, -0.1) is 0 Å². The Kier molecular flexibility index (Phi) is 4.92. The maximum absolute atomic E-state index is 5.94. The van der Waals surface area contributed by atoms with E-state index in [2.05, 4.69) is 0 Å². The maximum Gasteiger partial charge on any atom is 0.180 e. The van der Waals surface area contributed by atoms with Crippen molar-refractivity contribution in [1.82, 2.24) is 9.38 Å². The van der Waals surface area contributed by atoms with Crippen molar-refractivity contribution >= 4 is 11.3 Å². The average Bonchev–Trinajstić information content (AvgIpc) is 3.14. The van der Waals surface area contributed by atoms with Crippen molar-refractivity contribution in [1.29, 1.82) is 0 Å². The fourth-order valence-corrected chi connectivity index (χ4v) is 2.84. The molecule has 0 aliphatic rings. The van der Waals surface area contributed by atoms with Crippen LogP contribution in [0.1, 0.15) is 6.42 Å². The summed E-state index contributed by atoms with van der Waals surface area (Å²) in [5, 5.41) is 0. The van der Waals surface area contributed by atoms with Crippen molar-refractivity contribution in [3.63, 3.8) is 0 Å². The second-order valence-electron chi connectivity index (χ2n) is 6.21. The van der Waals surface area contributed by atoms with Crippen LogP contribution < -0.4 is 15.2 Å². The maximum atomic E-state index is 5.94. The highest BCUT2D eigenvalue weighted by Gasteiger charge is 2.09. The van der Waals surface area contributed by atoms with Gasteiger partial charge in [-0.1, -0.05) is 30.3 Å². The van der Waals surface area contributed by atoms with E-state index in [0.717, 1.165) is 40.5 Å². The van der Waals surface area contributed by atoms with Gasteiger partial charge in [0, 0.05) is 30.1 Å². The quantitative estimate of drug-likeness (QED) is 0.392. The summed E-state index contributed by atoms with van der Waals surface area (Å²) in [6.45, 7) is 1.18. The fourth-order valence-electron chi connectivity index (χ4n) is 2.84. The van der Waals surface area contributed by atoms with Gasteiger partial charge in [-0.3, -0.25) is 0 Å². The van der Waals surface area contributed by atoms with E-state index < -0.39 is 0 Å². The van der Waals surface area contributed by atoms with Gasteiger partial charge in [0.2, 0.25) is 0 Å². The number of pyridine rings is 1. The van der Waals surface area contributed by atoms with Crippen LogP contribution in [0.3, 0.4) is 0 Å². The first-order chi connectivity index (χ1) is 13.3. The summed E-state index contributed by atoms with van der Waals surface area (Å²) < 4.78 is 13.6. The van der Waals surface area contributed by atoms with Gasteiger partial charge >= 0.3 is 0 Å². The first-order valence-corrected chi connectivity index (χ1v) is 8.94. The van der Waals surface area contributed by atoms with Gasteiger partial charge in [0.1, 0.15) is 5.75 Å². The molecule has 0 radical (unpaired) electrons. The molecule has 0 unspecified atom stereocenters. The molecule has 27 heavy (non-hydrogen) atoms. The number of hydrogen-bond donors (Lipinski definition) is 1. The van der Waals surface area contributed by atoms with E-state index in [1.807, 2.05) is 83.5 Å². The predicted octanol–water partition coefficient (Wildman–Crippen LogP) is 4.43. The molecule has 5 heteroatoms. The zero-order valence-corrected chi connectivity index (χ0v) is 14.9. The molecule has 2 N–H and O–H groups in total. The van der Waals surface area contributed by atoms with Crippen molar-refractivity contribution in [2.24, 2.45) is 0 Å². The van der Waals surface area contributed by atoms with E-state index in [9.17, 15) is 0 Å². The molecule has 4 aromatic rings. The van der Waals surface area contributed by atoms with E-state index in [1.165, 1.54) is 0 Å². The lowest BCUT2D eigenvalue weighted by Crippen LogP contribution is -2.05. The molecule has 0 atom stereocenters. The summed E-state index contributed by atoms with van der Waals surface area (Å²) in [6.07, 6.45) is 4.75.